The van der Waals surface area contributed by atoms with Gasteiger partial charge >= 0.3 is 6.18 Å². The number of nitrogens with zero attached hydrogens (tertiary/aromatic N) is 1. The fraction of sp³-hybridized carbons (Fsp3) is 0.214. The number of halogens is 4. The highest BCUT2D eigenvalue weighted by molar-refractivity contribution is 6.30. The summed E-state index contributed by atoms with van der Waals surface area (Å²) in [6.07, 6.45) is -4.45. The van der Waals surface area contributed by atoms with E-state index >= 15 is 0 Å². The van der Waals surface area contributed by atoms with Crippen LogP contribution >= 0.6 is 11.6 Å². The molecule has 0 aliphatic carbocycles. The molecule has 1 N–H and O–H groups in total. The third-order valence-corrected chi connectivity index (χ3v) is 2.94. The second-order valence-corrected chi connectivity index (χ2v) is 4.68. The molecule has 1 aromatic heterocycles. The van der Waals surface area contributed by atoms with Crippen LogP contribution < -0.4 is 10.1 Å². The van der Waals surface area contributed by atoms with Gasteiger partial charge in [-0.05, 0) is 23.8 Å². The maximum absolute atomic E-state index is 12.8. The number of ether oxygens (including phenoxy) is 1. The minimum absolute atomic E-state index is 0.0934. The van der Waals surface area contributed by atoms with E-state index in [1.165, 1.54) is 7.05 Å². The Morgan fingerprint density at radius 3 is 2.43 bits per heavy atom. The van der Waals surface area contributed by atoms with Crippen molar-refractivity contribution in [2.24, 2.45) is 0 Å². The van der Waals surface area contributed by atoms with Gasteiger partial charge in [-0.25, -0.2) is 0 Å². The fourth-order valence-electron chi connectivity index (χ4n) is 1.61. The summed E-state index contributed by atoms with van der Waals surface area (Å²) in [7, 11) is 1.49. The first kappa shape index (κ1) is 15.4. The Kier molecular flexibility index (Phi) is 4.57. The van der Waals surface area contributed by atoms with Crippen molar-refractivity contribution in [3.63, 3.8) is 0 Å². The Labute approximate surface area is 124 Å². The third-order valence-electron chi connectivity index (χ3n) is 2.69. The van der Waals surface area contributed by atoms with Crippen LogP contribution in [0.15, 0.2) is 36.4 Å². The fourth-order valence-corrected chi connectivity index (χ4v) is 1.73. The molecule has 0 aliphatic heterocycles. The summed E-state index contributed by atoms with van der Waals surface area (Å²) < 4.78 is 43.6. The number of pyridine rings is 1. The summed E-state index contributed by atoms with van der Waals surface area (Å²) in [5, 5.41) is 3.15. The summed E-state index contributed by atoms with van der Waals surface area (Å²) >= 11 is 5.75. The molecule has 0 saturated carbocycles. The molecule has 1 heterocycles. The van der Waals surface area contributed by atoms with Crippen molar-refractivity contribution >= 4 is 17.4 Å². The molecule has 0 spiro atoms. The molecule has 2 aromatic rings. The average molecular weight is 317 g/mol. The molecule has 7 heteroatoms. The first-order valence-electron chi connectivity index (χ1n) is 6.03. The van der Waals surface area contributed by atoms with Gasteiger partial charge < -0.3 is 10.1 Å². The SMILES string of the molecule is CNc1cc(C(F)(F)F)cc(OCc2ccc(Cl)cc2)n1. The van der Waals surface area contributed by atoms with Gasteiger partial charge in [0.15, 0.2) is 0 Å². The number of nitrogens with one attached hydrogen (secondary N) is 1. The van der Waals surface area contributed by atoms with Crippen molar-refractivity contribution in [2.45, 2.75) is 12.8 Å². The van der Waals surface area contributed by atoms with Crippen LogP contribution in [0.4, 0.5) is 19.0 Å². The van der Waals surface area contributed by atoms with E-state index in [2.05, 4.69) is 10.3 Å². The minimum Gasteiger partial charge on any atom is -0.473 e. The minimum atomic E-state index is -4.45. The standard InChI is InChI=1S/C14H12ClF3N2O/c1-19-12-6-10(14(16,17)18)7-13(20-12)21-8-9-2-4-11(15)5-3-9/h2-7H,8H2,1H3,(H,19,20). The molecule has 0 radical (unpaired) electrons. The number of alkyl halides is 3. The van der Waals surface area contributed by atoms with Crippen molar-refractivity contribution in [3.8, 4) is 5.88 Å². The number of benzene rings is 1. The largest absolute Gasteiger partial charge is 0.473 e. The van der Waals surface area contributed by atoms with E-state index in [4.69, 9.17) is 16.3 Å². The van der Waals surface area contributed by atoms with Gasteiger partial charge in [0.2, 0.25) is 5.88 Å². The Bertz CT molecular complexity index is 615. The van der Waals surface area contributed by atoms with Crippen LogP contribution in [0.3, 0.4) is 0 Å². The second-order valence-electron chi connectivity index (χ2n) is 4.24. The Morgan fingerprint density at radius 1 is 1.19 bits per heavy atom. The normalized spacial score (nSPS) is 11.3. The molecular weight excluding hydrogens is 305 g/mol. The highest BCUT2D eigenvalue weighted by Gasteiger charge is 2.31. The number of rotatable bonds is 4. The lowest BCUT2D eigenvalue weighted by molar-refractivity contribution is -0.137. The van der Waals surface area contributed by atoms with Crippen molar-refractivity contribution in [1.82, 2.24) is 4.98 Å². The van der Waals surface area contributed by atoms with Crippen LogP contribution in [-0.2, 0) is 12.8 Å². The summed E-state index contributed by atoms with van der Waals surface area (Å²) in [6, 6.07) is 8.62. The van der Waals surface area contributed by atoms with E-state index in [0.29, 0.717) is 5.02 Å². The maximum Gasteiger partial charge on any atom is 0.416 e. The molecule has 0 amide bonds. The van der Waals surface area contributed by atoms with Gasteiger partial charge in [0.1, 0.15) is 12.4 Å². The van der Waals surface area contributed by atoms with Crippen LogP contribution in [-0.4, -0.2) is 12.0 Å². The van der Waals surface area contributed by atoms with Crippen LogP contribution in [0, 0.1) is 0 Å². The van der Waals surface area contributed by atoms with Gasteiger partial charge in [-0.1, -0.05) is 23.7 Å². The molecule has 21 heavy (non-hydrogen) atoms. The first-order valence-corrected chi connectivity index (χ1v) is 6.40. The smallest absolute Gasteiger partial charge is 0.416 e. The number of hydrogen-bond donors (Lipinski definition) is 1. The summed E-state index contributed by atoms with van der Waals surface area (Å²) in [5.41, 5.74) is -0.0300. The lowest BCUT2D eigenvalue weighted by Crippen LogP contribution is -2.08. The summed E-state index contributed by atoms with van der Waals surface area (Å²) in [5.74, 6) is 0.0000520. The van der Waals surface area contributed by atoms with Gasteiger partial charge in [-0.2, -0.15) is 18.2 Å². The van der Waals surface area contributed by atoms with E-state index in [0.717, 1.165) is 17.7 Å². The molecule has 0 fully saturated rings. The van der Waals surface area contributed by atoms with Crippen molar-refractivity contribution in [1.29, 1.82) is 0 Å². The van der Waals surface area contributed by atoms with E-state index in [1.807, 2.05) is 0 Å². The number of anilines is 1. The molecule has 0 aliphatic rings. The van der Waals surface area contributed by atoms with Crippen LogP contribution in [0.25, 0.3) is 0 Å². The summed E-state index contributed by atoms with van der Waals surface area (Å²) in [6.45, 7) is 0.106. The molecular formula is C14H12ClF3N2O. The monoisotopic (exact) mass is 316 g/mol. The Hall–Kier alpha value is -1.95. The van der Waals surface area contributed by atoms with E-state index in [9.17, 15) is 13.2 Å². The second kappa shape index (κ2) is 6.22. The predicted octanol–water partition coefficient (Wildman–Crippen LogP) is 4.37. The van der Waals surface area contributed by atoms with Crippen molar-refractivity contribution in [2.75, 3.05) is 12.4 Å². The molecule has 0 unspecified atom stereocenters. The third kappa shape index (κ3) is 4.26. The molecule has 0 atom stereocenters. The predicted molar refractivity (Wildman–Crippen MR) is 74.6 cm³/mol. The number of aromatic nitrogens is 1. The lowest BCUT2D eigenvalue weighted by atomic mass is 10.2. The van der Waals surface area contributed by atoms with Gasteiger partial charge in [-0.3, -0.25) is 0 Å². The van der Waals surface area contributed by atoms with E-state index < -0.39 is 11.7 Å². The highest BCUT2D eigenvalue weighted by Crippen LogP contribution is 2.32. The topological polar surface area (TPSA) is 34.1 Å². The number of hydrogen-bond acceptors (Lipinski definition) is 3. The van der Waals surface area contributed by atoms with Gasteiger partial charge in [0, 0.05) is 18.1 Å². The molecule has 0 saturated heterocycles. The summed E-state index contributed by atoms with van der Waals surface area (Å²) in [4.78, 5) is 3.94. The van der Waals surface area contributed by atoms with Gasteiger partial charge in [0.05, 0.1) is 5.56 Å². The van der Waals surface area contributed by atoms with Crippen LogP contribution in [0.2, 0.25) is 5.02 Å². The highest BCUT2D eigenvalue weighted by atomic mass is 35.5. The van der Waals surface area contributed by atoms with E-state index in [-0.39, 0.29) is 18.3 Å². The lowest BCUT2D eigenvalue weighted by Gasteiger charge is -2.12. The molecule has 1 aromatic carbocycles. The van der Waals surface area contributed by atoms with Gasteiger partial charge in [-0.15, -0.1) is 0 Å². The quantitative estimate of drug-likeness (QED) is 0.909. The zero-order valence-electron chi connectivity index (χ0n) is 11.0. The van der Waals surface area contributed by atoms with Crippen LogP contribution in [0.5, 0.6) is 5.88 Å². The zero-order valence-corrected chi connectivity index (χ0v) is 11.8. The zero-order chi connectivity index (χ0) is 15.5. The average Bonchev–Trinajstić information content (AvgIpc) is 2.45. The van der Waals surface area contributed by atoms with Gasteiger partial charge in [0.25, 0.3) is 0 Å². The van der Waals surface area contributed by atoms with Crippen LogP contribution in [0.1, 0.15) is 11.1 Å². The first-order chi connectivity index (χ1) is 9.88. The molecule has 112 valence electrons. The molecule has 2 rings (SSSR count). The van der Waals surface area contributed by atoms with Crippen molar-refractivity contribution < 1.29 is 17.9 Å². The molecule has 0 bridgehead atoms. The van der Waals surface area contributed by atoms with E-state index in [1.54, 1.807) is 24.3 Å². The Balaban J connectivity index is 2.17. The molecule has 3 nitrogen and oxygen atoms in total. The Morgan fingerprint density at radius 2 is 1.86 bits per heavy atom. The maximum atomic E-state index is 12.8. The van der Waals surface area contributed by atoms with Crippen molar-refractivity contribution in [3.05, 3.63) is 52.5 Å².